The number of nitrogens with zero attached hydrogens (tertiary/aromatic N) is 3. The van der Waals surface area contributed by atoms with Crippen molar-refractivity contribution < 1.29 is 43.0 Å². The molecular formula is C50H80N6O9S. The SMILES string of the molecule is CCOC(=O)[C@@H](C)C[C@H](Cc1ccccc1)NC(=O)c1csc([C@@H](C[C@H](C(C)C)N(C)C(=O)[C@@H](NC(=O)[C@H]2CCCCN2CCCCCCNC(=O)OC(C)(C)C)[C@@H](C)CC)OC(C)=O)n1. The number of piperidine rings is 1. The van der Waals surface area contributed by atoms with Crippen LogP contribution in [0.15, 0.2) is 35.7 Å². The number of ether oxygens (including phenoxy) is 3. The average molecular weight is 941 g/mol. The lowest BCUT2D eigenvalue weighted by atomic mass is 9.92. The molecule has 3 N–H and O–H groups in total. The van der Waals surface area contributed by atoms with Crippen molar-refractivity contribution in [1.29, 1.82) is 0 Å². The molecule has 0 spiro atoms. The zero-order chi connectivity index (χ0) is 49.0. The molecule has 1 aliphatic rings. The molecule has 3 rings (SSSR count). The molecule has 7 atom stereocenters. The number of carbonyl (C=O) groups excluding carboxylic acids is 6. The molecule has 0 bridgehead atoms. The zero-order valence-corrected chi connectivity index (χ0v) is 42.4. The van der Waals surface area contributed by atoms with Crippen LogP contribution in [0.3, 0.4) is 0 Å². The lowest BCUT2D eigenvalue weighted by Gasteiger charge is -2.39. The summed E-state index contributed by atoms with van der Waals surface area (Å²) in [5.74, 6) is -2.31. The molecule has 0 radical (unpaired) electrons. The Balaban J connectivity index is 1.71. The summed E-state index contributed by atoms with van der Waals surface area (Å²) in [5, 5.41) is 11.1. The van der Waals surface area contributed by atoms with Crippen LogP contribution in [0.2, 0.25) is 0 Å². The predicted octanol–water partition coefficient (Wildman–Crippen LogP) is 8.02. The van der Waals surface area contributed by atoms with Gasteiger partial charge in [-0.25, -0.2) is 9.78 Å². The lowest BCUT2D eigenvalue weighted by Crippen LogP contribution is -2.58. The number of rotatable bonds is 26. The molecule has 0 saturated carbocycles. The monoisotopic (exact) mass is 941 g/mol. The van der Waals surface area contributed by atoms with Gasteiger partial charge in [0.25, 0.3) is 5.91 Å². The molecular weight excluding hydrogens is 861 g/mol. The summed E-state index contributed by atoms with van der Waals surface area (Å²) >= 11 is 1.20. The van der Waals surface area contributed by atoms with Crippen LogP contribution in [0, 0.1) is 17.8 Å². The van der Waals surface area contributed by atoms with Crippen LogP contribution in [0.25, 0.3) is 0 Å². The van der Waals surface area contributed by atoms with E-state index in [-0.39, 0.29) is 54.4 Å². The molecule has 1 aliphatic heterocycles. The Morgan fingerprint density at radius 2 is 1.64 bits per heavy atom. The summed E-state index contributed by atoms with van der Waals surface area (Å²) in [6.45, 7) is 20.8. The summed E-state index contributed by atoms with van der Waals surface area (Å²) in [6.07, 6.45) is 6.81. The van der Waals surface area contributed by atoms with Crippen LogP contribution in [-0.4, -0.2) is 114 Å². The summed E-state index contributed by atoms with van der Waals surface area (Å²) < 4.78 is 16.4. The molecule has 0 aliphatic carbocycles. The molecule has 1 aromatic heterocycles. The number of esters is 2. The van der Waals surface area contributed by atoms with Crippen LogP contribution in [0.5, 0.6) is 0 Å². The van der Waals surface area contributed by atoms with E-state index in [0.29, 0.717) is 30.8 Å². The zero-order valence-electron chi connectivity index (χ0n) is 41.6. The highest BCUT2D eigenvalue weighted by molar-refractivity contribution is 7.09. The topological polar surface area (TPSA) is 186 Å². The number of unbranched alkanes of at least 4 members (excludes halogenated alkanes) is 3. The van der Waals surface area contributed by atoms with E-state index in [1.165, 1.54) is 18.3 Å². The third kappa shape index (κ3) is 19.0. The van der Waals surface area contributed by atoms with Gasteiger partial charge in [0.2, 0.25) is 11.8 Å². The quantitative estimate of drug-likeness (QED) is 0.0471. The number of aromatic nitrogens is 1. The van der Waals surface area contributed by atoms with Crippen molar-refractivity contribution in [2.24, 2.45) is 17.8 Å². The summed E-state index contributed by atoms with van der Waals surface area (Å²) in [6, 6.07) is 7.80. The Hall–Kier alpha value is -4.57. The first-order chi connectivity index (χ1) is 31.2. The van der Waals surface area contributed by atoms with Crippen molar-refractivity contribution in [2.75, 3.05) is 33.3 Å². The van der Waals surface area contributed by atoms with Crippen molar-refractivity contribution >= 4 is 47.1 Å². The number of likely N-dealkylation sites (N-methyl/N-ethyl adjacent to an activating group) is 1. The highest BCUT2D eigenvalue weighted by atomic mass is 32.1. The Bertz CT molecular complexity index is 1840. The van der Waals surface area contributed by atoms with E-state index >= 15 is 0 Å². The first-order valence-electron chi connectivity index (χ1n) is 24.2. The molecule has 2 aromatic rings. The van der Waals surface area contributed by atoms with Crippen LogP contribution in [-0.2, 0) is 39.8 Å². The minimum atomic E-state index is -0.852. The second-order valence-electron chi connectivity index (χ2n) is 19.2. The van der Waals surface area contributed by atoms with E-state index in [1.54, 1.807) is 31.2 Å². The van der Waals surface area contributed by atoms with Crippen molar-refractivity contribution in [3.05, 3.63) is 52.0 Å². The standard InChI is InChI=1S/C50H80N6O9S/c1-12-34(5)43(54-45(59)40-25-19-22-28-56(40)27-21-15-14-20-26-51-49(62)65-50(8,9)10)47(60)55(11)41(33(3)4)31-42(64-36(7)57)46-53-39(32-66-46)44(58)52-38(29-35(6)48(61)63-13-2)30-37-23-17-16-18-24-37/h16-18,23-24,32-35,38,40-43H,12-15,19-22,25-31H2,1-11H3,(H,51,62)(H,52,58)(H,54,59)/t34-,35-,38+,40+,41+,42+,43-/m0/s1. The molecule has 15 nitrogen and oxygen atoms in total. The van der Waals surface area contributed by atoms with Gasteiger partial charge in [0, 0.05) is 44.4 Å². The maximum Gasteiger partial charge on any atom is 0.407 e. The number of carbonyl (C=O) groups is 6. The van der Waals surface area contributed by atoms with Gasteiger partial charge in [0.1, 0.15) is 22.3 Å². The minimum Gasteiger partial charge on any atom is -0.466 e. The Labute approximate surface area is 398 Å². The van der Waals surface area contributed by atoms with Crippen molar-refractivity contribution in [1.82, 2.24) is 30.7 Å². The molecule has 66 heavy (non-hydrogen) atoms. The molecule has 16 heteroatoms. The lowest BCUT2D eigenvalue weighted by molar-refractivity contribution is -0.149. The Morgan fingerprint density at radius 3 is 2.27 bits per heavy atom. The second-order valence-corrected chi connectivity index (χ2v) is 20.1. The van der Waals surface area contributed by atoms with Gasteiger partial charge in [-0.15, -0.1) is 11.3 Å². The molecule has 1 aromatic carbocycles. The maximum atomic E-state index is 14.6. The Morgan fingerprint density at radius 1 is 0.939 bits per heavy atom. The summed E-state index contributed by atoms with van der Waals surface area (Å²) in [5.41, 5.74) is 0.625. The number of nitrogens with one attached hydrogen (secondary N) is 3. The number of alkyl carbamates (subject to hydrolysis) is 1. The smallest absolute Gasteiger partial charge is 0.407 e. The van der Waals surface area contributed by atoms with Crippen LogP contribution < -0.4 is 16.0 Å². The van der Waals surface area contributed by atoms with E-state index < -0.39 is 53.7 Å². The number of likely N-dealkylation sites (tertiary alicyclic amines) is 1. The highest BCUT2D eigenvalue weighted by Gasteiger charge is 2.38. The first kappa shape index (κ1) is 55.8. The first-order valence-corrected chi connectivity index (χ1v) is 25.0. The fourth-order valence-electron chi connectivity index (χ4n) is 8.36. The maximum absolute atomic E-state index is 14.6. The number of benzene rings is 1. The third-order valence-corrected chi connectivity index (χ3v) is 13.1. The van der Waals surface area contributed by atoms with E-state index in [2.05, 4.69) is 25.8 Å². The van der Waals surface area contributed by atoms with Gasteiger partial charge in [-0.2, -0.15) is 0 Å². The molecule has 1 saturated heterocycles. The van der Waals surface area contributed by atoms with Crippen molar-refractivity contribution in [2.45, 2.75) is 176 Å². The predicted molar refractivity (Wildman–Crippen MR) is 258 cm³/mol. The summed E-state index contributed by atoms with van der Waals surface area (Å²) in [7, 11) is 1.74. The molecule has 4 amide bonds. The molecule has 1 fully saturated rings. The van der Waals surface area contributed by atoms with Crippen molar-refractivity contribution in [3.8, 4) is 0 Å². The van der Waals surface area contributed by atoms with Gasteiger partial charge in [-0.3, -0.25) is 28.9 Å². The van der Waals surface area contributed by atoms with Crippen molar-refractivity contribution in [3.63, 3.8) is 0 Å². The van der Waals surface area contributed by atoms with Gasteiger partial charge in [-0.1, -0.05) is 90.6 Å². The van der Waals surface area contributed by atoms with Gasteiger partial charge in [-0.05, 0) is 96.7 Å². The van der Waals surface area contributed by atoms with Gasteiger partial charge in [0.05, 0.1) is 18.6 Å². The van der Waals surface area contributed by atoms with E-state index in [4.69, 9.17) is 14.2 Å². The number of hydrogen-bond acceptors (Lipinski definition) is 12. The molecule has 370 valence electrons. The van der Waals surface area contributed by atoms with E-state index in [0.717, 1.165) is 63.6 Å². The molecule has 2 heterocycles. The number of hydrogen-bond donors (Lipinski definition) is 3. The fraction of sp³-hybridized carbons (Fsp3) is 0.700. The van der Waals surface area contributed by atoms with Gasteiger partial charge >= 0.3 is 18.0 Å². The fourth-order valence-corrected chi connectivity index (χ4v) is 9.20. The highest BCUT2D eigenvalue weighted by Crippen LogP contribution is 2.31. The average Bonchev–Trinajstić information content (AvgIpc) is 3.76. The normalized spacial score (nSPS) is 17.1. The Kier molecular flexibility index (Phi) is 23.6. The van der Waals surface area contributed by atoms with Crippen LogP contribution >= 0.6 is 11.3 Å². The third-order valence-electron chi connectivity index (χ3n) is 12.1. The van der Waals surface area contributed by atoms with E-state index in [9.17, 15) is 28.8 Å². The largest absolute Gasteiger partial charge is 0.466 e. The number of thiazole rings is 1. The number of amides is 4. The van der Waals surface area contributed by atoms with Gasteiger partial charge < -0.3 is 35.1 Å². The second kappa shape index (κ2) is 27.9. The van der Waals surface area contributed by atoms with Crippen LogP contribution in [0.4, 0.5) is 4.79 Å². The minimum absolute atomic E-state index is 0.0740. The van der Waals surface area contributed by atoms with E-state index in [1.807, 2.05) is 78.8 Å². The van der Waals surface area contributed by atoms with Crippen LogP contribution in [0.1, 0.15) is 161 Å². The molecule has 0 unspecified atom stereocenters. The summed E-state index contributed by atoms with van der Waals surface area (Å²) in [4.78, 5) is 88.1. The van der Waals surface area contributed by atoms with Gasteiger partial charge in [0.15, 0.2) is 6.10 Å².